The SMILES string of the molecule is COC1CCCC(Nc2cc(C)ccc2Br)C1. The molecule has 1 aliphatic carbocycles. The maximum atomic E-state index is 5.46. The fourth-order valence-electron chi connectivity index (χ4n) is 2.46. The van der Waals surface area contributed by atoms with E-state index in [0.717, 1.165) is 10.9 Å². The number of benzene rings is 1. The Bertz CT molecular complexity index is 380. The number of methoxy groups -OCH3 is 1. The molecule has 2 unspecified atom stereocenters. The Labute approximate surface area is 112 Å². The Hall–Kier alpha value is -0.540. The molecule has 3 heteroatoms. The van der Waals surface area contributed by atoms with Crippen LogP contribution < -0.4 is 5.32 Å². The molecule has 2 atom stereocenters. The lowest BCUT2D eigenvalue weighted by molar-refractivity contribution is 0.0669. The molecular weight excluding hydrogens is 278 g/mol. The van der Waals surface area contributed by atoms with E-state index in [0.29, 0.717) is 12.1 Å². The lowest BCUT2D eigenvalue weighted by atomic mass is 9.92. The van der Waals surface area contributed by atoms with E-state index in [1.165, 1.54) is 30.5 Å². The molecule has 0 saturated heterocycles. The molecule has 0 spiro atoms. The summed E-state index contributed by atoms with van der Waals surface area (Å²) in [5.41, 5.74) is 2.49. The average Bonchev–Trinajstić information content (AvgIpc) is 2.34. The number of hydrogen-bond acceptors (Lipinski definition) is 2. The zero-order valence-corrected chi connectivity index (χ0v) is 12.1. The minimum absolute atomic E-state index is 0.421. The normalized spacial score (nSPS) is 24.6. The second-order valence-electron chi connectivity index (χ2n) is 4.85. The molecule has 1 aromatic rings. The summed E-state index contributed by atoms with van der Waals surface area (Å²) in [6, 6.07) is 6.95. The third-order valence-corrected chi connectivity index (χ3v) is 4.13. The number of aryl methyl sites for hydroxylation is 1. The number of rotatable bonds is 3. The van der Waals surface area contributed by atoms with Gasteiger partial charge in [0.05, 0.1) is 6.10 Å². The zero-order chi connectivity index (χ0) is 12.3. The maximum absolute atomic E-state index is 5.46. The fraction of sp³-hybridized carbons (Fsp3) is 0.571. The molecule has 1 aliphatic rings. The molecule has 1 saturated carbocycles. The van der Waals surface area contributed by atoms with Crippen molar-refractivity contribution in [2.45, 2.75) is 44.8 Å². The van der Waals surface area contributed by atoms with Crippen LogP contribution in [0.4, 0.5) is 5.69 Å². The van der Waals surface area contributed by atoms with Crippen LogP contribution in [-0.4, -0.2) is 19.3 Å². The molecular formula is C14H20BrNO. The van der Waals surface area contributed by atoms with Gasteiger partial charge in [0.1, 0.15) is 0 Å². The van der Waals surface area contributed by atoms with Gasteiger partial charge >= 0.3 is 0 Å². The fourth-order valence-corrected chi connectivity index (χ4v) is 2.82. The van der Waals surface area contributed by atoms with Gasteiger partial charge < -0.3 is 10.1 Å². The summed E-state index contributed by atoms with van der Waals surface area (Å²) >= 11 is 3.60. The number of anilines is 1. The first-order valence-corrected chi connectivity index (χ1v) is 7.04. The average molecular weight is 298 g/mol. The van der Waals surface area contributed by atoms with E-state index < -0.39 is 0 Å². The summed E-state index contributed by atoms with van der Waals surface area (Å²) < 4.78 is 6.60. The van der Waals surface area contributed by atoms with Gasteiger partial charge in [-0.05, 0) is 66.2 Å². The summed E-state index contributed by atoms with van der Waals surface area (Å²) in [6.45, 7) is 2.12. The predicted octanol–water partition coefficient (Wildman–Crippen LogP) is 4.13. The van der Waals surface area contributed by atoms with E-state index in [4.69, 9.17) is 4.74 Å². The van der Waals surface area contributed by atoms with Gasteiger partial charge in [0, 0.05) is 23.3 Å². The van der Waals surface area contributed by atoms with Crippen molar-refractivity contribution in [3.05, 3.63) is 28.2 Å². The van der Waals surface area contributed by atoms with Gasteiger partial charge in [-0.2, -0.15) is 0 Å². The first-order chi connectivity index (χ1) is 8.19. The molecule has 1 aromatic carbocycles. The van der Waals surface area contributed by atoms with Crippen LogP contribution in [0.3, 0.4) is 0 Å². The zero-order valence-electron chi connectivity index (χ0n) is 10.5. The maximum Gasteiger partial charge on any atom is 0.0590 e. The predicted molar refractivity (Wildman–Crippen MR) is 75.6 cm³/mol. The van der Waals surface area contributed by atoms with Gasteiger partial charge in [-0.1, -0.05) is 6.07 Å². The van der Waals surface area contributed by atoms with Crippen molar-refractivity contribution >= 4 is 21.6 Å². The number of halogens is 1. The van der Waals surface area contributed by atoms with Crippen LogP contribution in [0.2, 0.25) is 0 Å². The molecule has 94 valence electrons. The highest BCUT2D eigenvalue weighted by Crippen LogP contribution is 2.28. The molecule has 1 N–H and O–H groups in total. The van der Waals surface area contributed by atoms with Gasteiger partial charge in [0.2, 0.25) is 0 Å². The third-order valence-electron chi connectivity index (χ3n) is 3.44. The van der Waals surface area contributed by atoms with Crippen molar-refractivity contribution in [2.75, 3.05) is 12.4 Å². The van der Waals surface area contributed by atoms with Gasteiger partial charge in [0.15, 0.2) is 0 Å². The molecule has 0 aliphatic heterocycles. The molecule has 1 fully saturated rings. The Morgan fingerprint density at radius 1 is 1.35 bits per heavy atom. The summed E-state index contributed by atoms with van der Waals surface area (Å²) in [7, 11) is 1.82. The van der Waals surface area contributed by atoms with E-state index in [9.17, 15) is 0 Å². The third kappa shape index (κ3) is 3.46. The first-order valence-electron chi connectivity index (χ1n) is 6.24. The van der Waals surface area contributed by atoms with Crippen molar-refractivity contribution in [2.24, 2.45) is 0 Å². The van der Waals surface area contributed by atoms with Crippen LogP contribution in [0, 0.1) is 6.92 Å². The van der Waals surface area contributed by atoms with Crippen LogP contribution in [-0.2, 0) is 4.74 Å². The highest BCUT2D eigenvalue weighted by molar-refractivity contribution is 9.10. The number of hydrogen-bond donors (Lipinski definition) is 1. The molecule has 0 heterocycles. The second-order valence-corrected chi connectivity index (χ2v) is 5.70. The standard InChI is InChI=1S/C14H20BrNO/c1-10-6-7-13(15)14(8-10)16-11-4-3-5-12(9-11)17-2/h6-8,11-12,16H,3-5,9H2,1-2H3. The molecule has 0 amide bonds. The summed E-state index contributed by atoms with van der Waals surface area (Å²) in [5, 5.41) is 3.63. The van der Waals surface area contributed by atoms with Gasteiger partial charge in [-0.15, -0.1) is 0 Å². The van der Waals surface area contributed by atoms with E-state index >= 15 is 0 Å². The number of ether oxygens (including phenoxy) is 1. The van der Waals surface area contributed by atoms with Crippen LogP contribution in [0.5, 0.6) is 0 Å². The van der Waals surface area contributed by atoms with Crippen molar-refractivity contribution in [1.82, 2.24) is 0 Å². The Morgan fingerprint density at radius 3 is 2.94 bits per heavy atom. The highest BCUT2D eigenvalue weighted by Gasteiger charge is 2.21. The molecule has 2 rings (SSSR count). The quantitative estimate of drug-likeness (QED) is 0.906. The van der Waals surface area contributed by atoms with Crippen molar-refractivity contribution in [3.8, 4) is 0 Å². The van der Waals surface area contributed by atoms with Crippen LogP contribution in [0.15, 0.2) is 22.7 Å². The molecule has 0 aromatic heterocycles. The Morgan fingerprint density at radius 2 is 2.18 bits per heavy atom. The summed E-state index contributed by atoms with van der Waals surface area (Å²) in [4.78, 5) is 0. The lowest BCUT2D eigenvalue weighted by Gasteiger charge is -2.30. The number of nitrogens with one attached hydrogen (secondary N) is 1. The largest absolute Gasteiger partial charge is 0.381 e. The van der Waals surface area contributed by atoms with Crippen LogP contribution in [0.25, 0.3) is 0 Å². The molecule has 0 radical (unpaired) electrons. The van der Waals surface area contributed by atoms with Crippen molar-refractivity contribution in [1.29, 1.82) is 0 Å². The van der Waals surface area contributed by atoms with E-state index in [1.807, 2.05) is 7.11 Å². The van der Waals surface area contributed by atoms with Crippen LogP contribution >= 0.6 is 15.9 Å². The first kappa shape index (κ1) is 12.9. The van der Waals surface area contributed by atoms with Gasteiger partial charge in [0.25, 0.3) is 0 Å². The second kappa shape index (κ2) is 5.87. The van der Waals surface area contributed by atoms with Gasteiger partial charge in [-0.25, -0.2) is 0 Å². The molecule has 17 heavy (non-hydrogen) atoms. The van der Waals surface area contributed by atoms with Gasteiger partial charge in [-0.3, -0.25) is 0 Å². The molecule has 0 bridgehead atoms. The van der Waals surface area contributed by atoms with Crippen molar-refractivity contribution in [3.63, 3.8) is 0 Å². The topological polar surface area (TPSA) is 21.3 Å². The smallest absolute Gasteiger partial charge is 0.0590 e. The highest BCUT2D eigenvalue weighted by atomic mass is 79.9. The summed E-state index contributed by atoms with van der Waals surface area (Å²) in [6.07, 6.45) is 5.21. The van der Waals surface area contributed by atoms with E-state index in [-0.39, 0.29) is 0 Å². The lowest BCUT2D eigenvalue weighted by Crippen LogP contribution is -2.31. The monoisotopic (exact) mass is 297 g/mol. The van der Waals surface area contributed by atoms with Crippen molar-refractivity contribution < 1.29 is 4.74 Å². The van der Waals surface area contributed by atoms with E-state index in [1.54, 1.807) is 0 Å². The molecule has 2 nitrogen and oxygen atoms in total. The minimum atomic E-state index is 0.421. The Balaban J connectivity index is 2.02. The van der Waals surface area contributed by atoms with Crippen LogP contribution in [0.1, 0.15) is 31.2 Å². The van der Waals surface area contributed by atoms with E-state index in [2.05, 4.69) is 46.4 Å². The Kier molecular flexibility index (Phi) is 4.46. The summed E-state index contributed by atoms with van der Waals surface area (Å²) in [5.74, 6) is 0. The minimum Gasteiger partial charge on any atom is -0.381 e.